The standard InChI is InChI=1S/C25H26F2N2O5/c1-13(22(30)28-11-20-21(23(31)32)25(20,26)27)14(2)29-24(33)34-12-19-17-9-5-3-7-15(17)16-8-4-6-10-18(16)19/h3-10,13-14,19-21H,11-12H2,1-2H3,(H,28,30)(H,29,33)(H,31,32). The van der Waals surface area contributed by atoms with Crippen LogP contribution in [0.3, 0.4) is 0 Å². The van der Waals surface area contributed by atoms with Gasteiger partial charge in [0.25, 0.3) is 5.92 Å². The van der Waals surface area contributed by atoms with Crippen LogP contribution in [0.4, 0.5) is 13.6 Å². The van der Waals surface area contributed by atoms with Crippen LogP contribution in [0.5, 0.6) is 0 Å². The Balaban J connectivity index is 1.28. The molecule has 7 nitrogen and oxygen atoms in total. The normalized spacial score (nSPS) is 21.5. The Bertz CT molecular complexity index is 1080. The number of rotatable bonds is 8. The predicted molar refractivity (Wildman–Crippen MR) is 119 cm³/mol. The van der Waals surface area contributed by atoms with Gasteiger partial charge in [-0.15, -0.1) is 0 Å². The van der Waals surface area contributed by atoms with Crippen LogP contribution in [0.2, 0.25) is 0 Å². The molecule has 2 aromatic rings. The van der Waals surface area contributed by atoms with Crippen LogP contribution in [0.25, 0.3) is 11.1 Å². The summed E-state index contributed by atoms with van der Waals surface area (Å²) in [4.78, 5) is 35.6. The number of ether oxygens (including phenoxy) is 1. The zero-order chi connectivity index (χ0) is 24.6. The quantitative estimate of drug-likeness (QED) is 0.544. The number of benzene rings is 2. The molecule has 0 aliphatic heterocycles. The molecule has 180 valence electrons. The van der Waals surface area contributed by atoms with E-state index >= 15 is 0 Å². The van der Waals surface area contributed by atoms with Gasteiger partial charge in [0.15, 0.2) is 0 Å². The SMILES string of the molecule is CC(NC(=O)OCC1c2ccccc2-c2ccccc21)C(C)C(=O)NCC1C(C(=O)O)C1(F)F. The fraction of sp³-hybridized carbons (Fsp3) is 0.400. The number of carboxylic acids is 1. The fourth-order valence-electron chi connectivity index (χ4n) is 4.53. The maximum atomic E-state index is 13.5. The van der Waals surface area contributed by atoms with E-state index in [2.05, 4.69) is 10.6 Å². The van der Waals surface area contributed by atoms with Crippen LogP contribution < -0.4 is 10.6 Å². The monoisotopic (exact) mass is 472 g/mol. The Labute approximate surface area is 195 Å². The number of halogens is 2. The first-order chi connectivity index (χ1) is 16.1. The summed E-state index contributed by atoms with van der Waals surface area (Å²) in [5.41, 5.74) is 4.37. The van der Waals surface area contributed by atoms with Crippen LogP contribution in [-0.2, 0) is 14.3 Å². The molecule has 3 N–H and O–H groups in total. The van der Waals surface area contributed by atoms with Crippen LogP contribution in [0.1, 0.15) is 30.9 Å². The molecule has 1 saturated carbocycles. The number of hydrogen-bond donors (Lipinski definition) is 3. The largest absolute Gasteiger partial charge is 0.481 e. The lowest BCUT2D eigenvalue weighted by molar-refractivity contribution is -0.141. The number of amides is 2. The number of alkyl carbamates (subject to hydrolysis) is 1. The van der Waals surface area contributed by atoms with Crippen molar-refractivity contribution < 1.29 is 33.0 Å². The maximum Gasteiger partial charge on any atom is 0.407 e. The lowest BCUT2D eigenvalue weighted by Crippen LogP contribution is -2.45. The van der Waals surface area contributed by atoms with E-state index in [9.17, 15) is 23.2 Å². The van der Waals surface area contributed by atoms with Gasteiger partial charge in [0.05, 0.1) is 11.8 Å². The van der Waals surface area contributed by atoms with E-state index in [0.29, 0.717) is 0 Å². The van der Waals surface area contributed by atoms with E-state index in [0.717, 1.165) is 22.3 Å². The first-order valence-corrected chi connectivity index (χ1v) is 11.1. The van der Waals surface area contributed by atoms with Gasteiger partial charge in [0.2, 0.25) is 5.91 Å². The summed E-state index contributed by atoms with van der Waals surface area (Å²) < 4.78 is 32.4. The Morgan fingerprint density at radius 1 is 1.03 bits per heavy atom. The van der Waals surface area contributed by atoms with Gasteiger partial charge in [-0.25, -0.2) is 13.6 Å². The molecule has 34 heavy (non-hydrogen) atoms. The second-order valence-corrected chi connectivity index (χ2v) is 8.89. The molecule has 2 aliphatic rings. The summed E-state index contributed by atoms with van der Waals surface area (Å²) in [6, 6.07) is 15.3. The highest BCUT2D eigenvalue weighted by Crippen LogP contribution is 2.54. The first-order valence-electron chi connectivity index (χ1n) is 11.1. The highest BCUT2D eigenvalue weighted by Gasteiger charge is 2.72. The summed E-state index contributed by atoms with van der Waals surface area (Å²) in [5.74, 6) is -9.51. The van der Waals surface area contributed by atoms with Gasteiger partial charge in [-0.05, 0) is 29.2 Å². The fourth-order valence-corrected chi connectivity index (χ4v) is 4.53. The molecular formula is C25H26F2N2O5. The Hall–Kier alpha value is -3.49. The second kappa shape index (κ2) is 9.04. The van der Waals surface area contributed by atoms with Gasteiger partial charge in [0, 0.05) is 18.5 Å². The average molecular weight is 472 g/mol. The Morgan fingerprint density at radius 2 is 1.59 bits per heavy atom. The first kappa shape index (κ1) is 23.7. The molecule has 2 aliphatic carbocycles. The number of hydrogen-bond acceptors (Lipinski definition) is 4. The van der Waals surface area contributed by atoms with Crippen LogP contribution in [0, 0.1) is 17.8 Å². The number of aliphatic carboxylic acids is 1. The molecule has 0 spiro atoms. The van der Waals surface area contributed by atoms with E-state index < -0.39 is 54.2 Å². The molecule has 2 amide bonds. The van der Waals surface area contributed by atoms with Crippen molar-refractivity contribution >= 4 is 18.0 Å². The third-order valence-corrected chi connectivity index (χ3v) is 6.82. The zero-order valence-electron chi connectivity index (χ0n) is 18.8. The minimum absolute atomic E-state index is 0.100. The van der Waals surface area contributed by atoms with E-state index in [1.807, 2.05) is 48.5 Å². The molecule has 9 heteroatoms. The van der Waals surface area contributed by atoms with Gasteiger partial charge in [-0.3, -0.25) is 9.59 Å². The van der Waals surface area contributed by atoms with E-state index in [1.165, 1.54) is 0 Å². The number of carboxylic acid groups (broad SMARTS) is 1. The second-order valence-electron chi connectivity index (χ2n) is 8.89. The smallest absolute Gasteiger partial charge is 0.407 e. The molecule has 0 heterocycles. The van der Waals surface area contributed by atoms with E-state index in [-0.39, 0.29) is 12.5 Å². The van der Waals surface area contributed by atoms with Crippen molar-refractivity contribution in [1.82, 2.24) is 10.6 Å². The Kier molecular flexibility index (Phi) is 6.29. The summed E-state index contributed by atoms with van der Waals surface area (Å²) in [6.45, 7) is 2.84. The minimum atomic E-state index is -3.33. The molecule has 4 atom stereocenters. The van der Waals surface area contributed by atoms with Gasteiger partial charge < -0.3 is 20.5 Å². The molecular weight excluding hydrogens is 446 g/mol. The topological polar surface area (TPSA) is 105 Å². The van der Waals surface area contributed by atoms with Crippen molar-refractivity contribution in [3.8, 4) is 11.1 Å². The van der Waals surface area contributed by atoms with Crippen molar-refractivity contribution in [3.05, 3.63) is 59.7 Å². The minimum Gasteiger partial charge on any atom is -0.481 e. The molecule has 2 aromatic carbocycles. The molecule has 0 bridgehead atoms. The van der Waals surface area contributed by atoms with Gasteiger partial charge in [-0.1, -0.05) is 55.5 Å². The molecule has 4 rings (SSSR count). The van der Waals surface area contributed by atoms with Crippen LogP contribution in [-0.4, -0.2) is 48.2 Å². The molecule has 0 saturated heterocycles. The average Bonchev–Trinajstić information content (AvgIpc) is 3.22. The van der Waals surface area contributed by atoms with Crippen molar-refractivity contribution in [2.24, 2.45) is 17.8 Å². The lowest BCUT2D eigenvalue weighted by atomic mass is 9.98. The van der Waals surface area contributed by atoms with Crippen molar-refractivity contribution in [2.45, 2.75) is 31.7 Å². The number of alkyl halides is 2. The number of carbonyl (C=O) groups excluding carboxylic acids is 2. The summed E-state index contributed by atoms with van der Waals surface area (Å²) in [7, 11) is 0. The van der Waals surface area contributed by atoms with Crippen molar-refractivity contribution in [2.75, 3.05) is 13.2 Å². The van der Waals surface area contributed by atoms with E-state index in [1.54, 1.807) is 13.8 Å². The summed E-state index contributed by atoms with van der Waals surface area (Å²) in [5, 5.41) is 13.8. The molecule has 0 radical (unpaired) electrons. The highest BCUT2D eigenvalue weighted by molar-refractivity contribution is 5.81. The summed E-state index contributed by atoms with van der Waals surface area (Å²) in [6.07, 6.45) is -0.686. The van der Waals surface area contributed by atoms with Crippen molar-refractivity contribution in [3.63, 3.8) is 0 Å². The Morgan fingerprint density at radius 3 is 2.12 bits per heavy atom. The predicted octanol–water partition coefficient (Wildman–Crippen LogP) is 3.63. The third kappa shape index (κ3) is 4.34. The molecule has 4 unspecified atom stereocenters. The van der Waals surface area contributed by atoms with E-state index in [4.69, 9.17) is 9.84 Å². The highest BCUT2D eigenvalue weighted by atomic mass is 19.3. The van der Waals surface area contributed by atoms with Gasteiger partial charge in [-0.2, -0.15) is 0 Å². The molecule has 1 fully saturated rings. The van der Waals surface area contributed by atoms with Gasteiger partial charge >= 0.3 is 12.1 Å². The number of nitrogens with one attached hydrogen (secondary N) is 2. The van der Waals surface area contributed by atoms with Crippen LogP contribution in [0.15, 0.2) is 48.5 Å². The molecule has 0 aromatic heterocycles. The van der Waals surface area contributed by atoms with Crippen LogP contribution >= 0.6 is 0 Å². The number of fused-ring (bicyclic) bond motifs is 3. The lowest BCUT2D eigenvalue weighted by Gasteiger charge is -2.21. The number of carbonyl (C=O) groups is 3. The van der Waals surface area contributed by atoms with Crippen molar-refractivity contribution in [1.29, 1.82) is 0 Å². The third-order valence-electron chi connectivity index (χ3n) is 6.82. The van der Waals surface area contributed by atoms with Gasteiger partial charge in [0.1, 0.15) is 12.5 Å². The maximum absolute atomic E-state index is 13.5. The zero-order valence-corrected chi connectivity index (χ0v) is 18.8. The summed E-state index contributed by atoms with van der Waals surface area (Å²) >= 11 is 0.